The third-order valence-corrected chi connectivity index (χ3v) is 8.25. The highest BCUT2D eigenvalue weighted by atomic mass is 35.5. The van der Waals surface area contributed by atoms with Crippen molar-refractivity contribution in [2.75, 3.05) is 18.6 Å². The van der Waals surface area contributed by atoms with Crippen LogP contribution in [-0.4, -0.2) is 58.1 Å². The van der Waals surface area contributed by atoms with Crippen molar-refractivity contribution in [3.63, 3.8) is 0 Å². The molecule has 8 nitrogen and oxygen atoms in total. The summed E-state index contributed by atoms with van der Waals surface area (Å²) in [4.78, 5) is 33.5. The van der Waals surface area contributed by atoms with Crippen LogP contribution in [0.3, 0.4) is 0 Å². The number of carbonyl (C=O) groups is 2. The molecule has 3 aromatic rings. The normalized spacial score (nSPS) is 14.6. The summed E-state index contributed by atoms with van der Waals surface area (Å²) in [6.07, 6.45) is 7.04. The Morgan fingerprint density at radius 2 is 1.82 bits per heavy atom. The SMILES string of the molecule is CC(C)(C)OC(=O)N(Cc1cccs1)c1cc(Cl)nc2c(C#CCCO)csc12.CN(C(=O)OC(C)(C)C)[C@H]1CC=CCC1. The minimum absolute atomic E-state index is 0.00173. The Labute approximate surface area is 273 Å². The van der Waals surface area contributed by atoms with Crippen LogP contribution in [0.1, 0.15) is 77.7 Å². The molecular formula is C33H42ClN3O5S2. The van der Waals surface area contributed by atoms with Gasteiger partial charge in [0.05, 0.1) is 29.1 Å². The number of carbonyl (C=O) groups excluding carboxylic acids is 2. The van der Waals surface area contributed by atoms with Gasteiger partial charge in [0, 0.05) is 35.8 Å². The summed E-state index contributed by atoms with van der Waals surface area (Å²) in [5, 5.41) is 13.1. The second-order valence-electron chi connectivity index (χ2n) is 12.2. The number of halogens is 1. The maximum atomic E-state index is 13.1. The van der Waals surface area contributed by atoms with Gasteiger partial charge in [-0.1, -0.05) is 41.7 Å². The predicted molar refractivity (Wildman–Crippen MR) is 181 cm³/mol. The van der Waals surface area contributed by atoms with Gasteiger partial charge in [-0.25, -0.2) is 14.6 Å². The van der Waals surface area contributed by atoms with Crippen LogP contribution in [0.4, 0.5) is 15.3 Å². The molecule has 44 heavy (non-hydrogen) atoms. The van der Waals surface area contributed by atoms with Crippen LogP contribution in [0.15, 0.2) is 41.1 Å². The van der Waals surface area contributed by atoms with Crippen molar-refractivity contribution in [2.24, 2.45) is 0 Å². The lowest BCUT2D eigenvalue weighted by molar-refractivity contribution is 0.0214. The van der Waals surface area contributed by atoms with E-state index >= 15 is 0 Å². The fraction of sp³-hybridized carbons (Fsp3) is 0.485. The van der Waals surface area contributed by atoms with Crippen molar-refractivity contribution >= 4 is 62.4 Å². The summed E-state index contributed by atoms with van der Waals surface area (Å²) >= 11 is 9.33. The fourth-order valence-corrected chi connectivity index (χ4v) is 6.04. The highest BCUT2D eigenvalue weighted by molar-refractivity contribution is 7.18. The molecule has 0 aromatic carbocycles. The van der Waals surface area contributed by atoms with Crippen molar-refractivity contribution in [3.8, 4) is 11.8 Å². The number of hydrogen-bond acceptors (Lipinski definition) is 8. The number of thiophene rings is 2. The van der Waals surface area contributed by atoms with Gasteiger partial charge < -0.3 is 19.5 Å². The molecule has 0 saturated carbocycles. The van der Waals surface area contributed by atoms with E-state index < -0.39 is 17.3 Å². The van der Waals surface area contributed by atoms with E-state index in [4.69, 9.17) is 26.2 Å². The molecule has 0 bridgehead atoms. The zero-order valence-electron chi connectivity index (χ0n) is 26.5. The third-order valence-electron chi connectivity index (χ3n) is 6.20. The molecule has 1 N–H and O–H groups in total. The fourth-order valence-electron chi connectivity index (χ4n) is 4.20. The molecule has 3 aromatic heterocycles. The number of allylic oxidation sites excluding steroid dienone is 1. The van der Waals surface area contributed by atoms with Gasteiger partial charge in [0.15, 0.2) is 0 Å². The second-order valence-corrected chi connectivity index (χ2v) is 14.5. The van der Waals surface area contributed by atoms with Crippen LogP contribution < -0.4 is 4.90 Å². The Hall–Kier alpha value is -3.10. The van der Waals surface area contributed by atoms with Crippen molar-refractivity contribution in [3.05, 3.63) is 56.7 Å². The Balaban J connectivity index is 0.000000297. The maximum Gasteiger partial charge on any atom is 0.415 e. The smallest absolute Gasteiger partial charge is 0.415 e. The van der Waals surface area contributed by atoms with E-state index in [1.54, 1.807) is 27.2 Å². The summed E-state index contributed by atoms with van der Waals surface area (Å²) in [5.74, 6) is 5.93. The predicted octanol–water partition coefficient (Wildman–Crippen LogP) is 8.65. The quantitative estimate of drug-likeness (QED) is 0.167. The molecular weight excluding hydrogens is 618 g/mol. The zero-order valence-corrected chi connectivity index (χ0v) is 28.9. The Kier molecular flexibility index (Phi) is 12.7. The summed E-state index contributed by atoms with van der Waals surface area (Å²) in [6, 6.07) is 5.90. The molecule has 2 amide bonds. The molecule has 3 heterocycles. The van der Waals surface area contributed by atoms with Crippen LogP contribution in [-0.2, 0) is 16.0 Å². The standard InChI is InChI=1S/C21H21ClN2O3S2.C12H21NO2/c1-21(2,3)27-20(26)24(12-15-8-6-10-28-15)16-11-17(22)23-18-14(7-4-5-9-25)13-29-19(16)18;1-12(2,3)15-11(14)13(4)10-8-6-5-7-9-10/h6,8,10-11,13,25H,5,9,12H2,1-3H3;5-6,10H,7-9H2,1-4H3/t;10-/m.0/s1. The highest BCUT2D eigenvalue weighted by Gasteiger charge is 2.27. The molecule has 0 fully saturated rings. The number of fused-ring (bicyclic) bond motifs is 1. The van der Waals surface area contributed by atoms with Crippen LogP contribution in [0.2, 0.25) is 5.15 Å². The number of nitrogens with zero attached hydrogens (tertiary/aromatic N) is 3. The average Bonchev–Trinajstić information content (AvgIpc) is 3.60. The first-order chi connectivity index (χ1) is 20.7. The molecule has 0 radical (unpaired) electrons. The van der Waals surface area contributed by atoms with E-state index in [1.165, 1.54) is 11.3 Å². The van der Waals surface area contributed by atoms with Gasteiger partial charge >= 0.3 is 12.2 Å². The Bertz CT molecular complexity index is 1490. The Morgan fingerprint density at radius 1 is 1.11 bits per heavy atom. The van der Waals surface area contributed by atoms with Gasteiger partial charge in [-0.2, -0.15) is 0 Å². The topological polar surface area (TPSA) is 92.2 Å². The molecule has 238 valence electrons. The Morgan fingerprint density at radius 3 is 2.41 bits per heavy atom. The van der Waals surface area contributed by atoms with E-state index in [2.05, 4.69) is 29.0 Å². The number of hydrogen-bond donors (Lipinski definition) is 1. The summed E-state index contributed by atoms with van der Waals surface area (Å²) in [6.45, 7) is 11.5. The van der Waals surface area contributed by atoms with E-state index in [-0.39, 0.29) is 17.9 Å². The van der Waals surface area contributed by atoms with Crippen molar-refractivity contribution in [1.29, 1.82) is 0 Å². The van der Waals surface area contributed by atoms with Gasteiger partial charge in [0.25, 0.3) is 0 Å². The minimum atomic E-state index is -0.628. The monoisotopic (exact) mass is 659 g/mol. The summed E-state index contributed by atoms with van der Waals surface area (Å²) in [7, 11) is 1.82. The summed E-state index contributed by atoms with van der Waals surface area (Å²) in [5.41, 5.74) is 0.973. The minimum Gasteiger partial charge on any atom is -0.444 e. The van der Waals surface area contributed by atoms with Crippen LogP contribution >= 0.6 is 34.3 Å². The number of amides is 2. The molecule has 1 atom stereocenters. The molecule has 4 rings (SSSR count). The number of aliphatic hydroxyl groups is 1. The van der Waals surface area contributed by atoms with Gasteiger partial charge in [-0.15, -0.1) is 22.7 Å². The number of pyridine rings is 1. The van der Waals surface area contributed by atoms with Crippen LogP contribution in [0, 0.1) is 11.8 Å². The third kappa shape index (κ3) is 10.8. The molecule has 0 spiro atoms. The van der Waals surface area contributed by atoms with Crippen LogP contribution in [0.5, 0.6) is 0 Å². The number of anilines is 1. The highest BCUT2D eigenvalue weighted by Crippen LogP contribution is 2.37. The van der Waals surface area contributed by atoms with Gasteiger partial charge in [-0.05, 0) is 72.3 Å². The molecule has 11 heteroatoms. The van der Waals surface area contributed by atoms with E-state index in [0.717, 1.165) is 34.4 Å². The van der Waals surface area contributed by atoms with Crippen molar-refractivity contribution in [1.82, 2.24) is 9.88 Å². The lowest BCUT2D eigenvalue weighted by Gasteiger charge is -2.31. The molecule has 1 aliphatic carbocycles. The van der Waals surface area contributed by atoms with Crippen molar-refractivity contribution in [2.45, 2.75) is 91.0 Å². The van der Waals surface area contributed by atoms with E-state index in [0.29, 0.717) is 30.2 Å². The lowest BCUT2D eigenvalue weighted by atomic mass is 10.0. The number of aromatic nitrogens is 1. The number of rotatable bonds is 5. The zero-order chi connectivity index (χ0) is 32.5. The molecule has 0 unspecified atom stereocenters. The van der Waals surface area contributed by atoms with Crippen molar-refractivity contribution < 1.29 is 24.2 Å². The summed E-state index contributed by atoms with van der Waals surface area (Å²) < 4.78 is 11.8. The van der Waals surface area contributed by atoms with E-state index in [1.807, 2.05) is 71.5 Å². The number of ether oxygens (including phenoxy) is 2. The molecule has 0 aliphatic heterocycles. The van der Waals surface area contributed by atoms with Crippen LogP contribution in [0.25, 0.3) is 10.2 Å². The van der Waals surface area contributed by atoms with Gasteiger partial charge in [0.2, 0.25) is 0 Å². The first-order valence-corrected chi connectivity index (χ1v) is 16.6. The van der Waals surface area contributed by atoms with E-state index in [9.17, 15) is 9.59 Å². The first kappa shape index (κ1) is 35.4. The number of aliphatic hydroxyl groups excluding tert-OH is 1. The molecule has 0 saturated heterocycles. The second kappa shape index (κ2) is 15.8. The first-order valence-electron chi connectivity index (χ1n) is 14.5. The molecule has 1 aliphatic rings. The van der Waals surface area contributed by atoms with Gasteiger partial charge in [0.1, 0.15) is 21.9 Å². The largest absolute Gasteiger partial charge is 0.444 e. The van der Waals surface area contributed by atoms with Gasteiger partial charge in [-0.3, -0.25) is 4.90 Å². The average molecular weight is 660 g/mol. The lowest BCUT2D eigenvalue weighted by Crippen LogP contribution is -2.41. The maximum absolute atomic E-state index is 13.1.